The summed E-state index contributed by atoms with van der Waals surface area (Å²) < 4.78 is 12.1. The molecule has 3 aromatic rings. The van der Waals surface area contributed by atoms with Gasteiger partial charge in [0, 0.05) is 30.1 Å². The fourth-order valence-electron chi connectivity index (χ4n) is 3.06. The maximum absolute atomic E-state index is 11.4. The molecule has 0 saturated heterocycles. The SMILES string of the molecule is CCC1COc2c(cc(SC)nc2-c2c[nH]c3cnc(NC(C)=O)cc23)O1. The maximum Gasteiger partial charge on any atom is 0.222 e. The quantitative estimate of drug-likeness (QED) is 0.664. The Morgan fingerprint density at radius 1 is 1.44 bits per heavy atom. The second-order valence-electron chi connectivity index (χ2n) is 6.30. The van der Waals surface area contributed by atoms with Gasteiger partial charge in [-0.2, -0.15) is 0 Å². The molecule has 1 unspecified atom stereocenters. The molecule has 4 rings (SSSR count). The largest absolute Gasteiger partial charge is 0.484 e. The van der Waals surface area contributed by atoms with Crippen LogP contribution >= 0.6 is 11.8 Å². The van der Waals surface area contributed by atoms with Crippen LogP contribution in [0.25, 0.3) is 22.2 Å². The molecule has 140 valence electrons. The molecule has 7 nitrogen and oxygen atoms in total. The molecule has 1 aliphatic rings. The van der Waals surface area contributed by atoms with E-state index < -0.39 is 0 Å². The molecule has 0 radical (unpaired) electrons. The predicted octanol–water partition coefficient (Wildman–Crippen LogP) is 3.86. The normalized spacial score (nSPS) is 15.7. The smallest absolute Gasteiger partial charge is 0.222 e. The fourth-order valence-corrected chi connectivity index (χ4v) is 3.47. The fraction of sp³-hybridized carbons (Fsp3) is 0.316. The van der Waals surface area contributed by atoms with Gasteiger partial charge in [-0.1, -0.05) is 6.92 Å². The first-order valence-electron chi connectivity index (χ1n) is 8.72. The molecule has 0 aromatic carbocycles. The molecule has 3 aromatic heterocycles. The van der Waals surface area contributed by atoms with Crippen molar-refractivity contribution >= 4 is 34.4 Å². The summed E-state index contributed by atoms with van der Waals surface area (Å²) in [5, 5.41) is 4.48. The van der Waals surface area contributed by atoms with Crippen LogP contribution in [0.4, 0.5) is 5.82 Å². The number of amides is 1. The molecular formula is C19H20N4O3S. The third-order valence-electron chi connectivity index (χ3n) is 4.41. The minimum atomic E-state index is -0.166. The first-order valence-corrected chi connectivity index (χ1v) is 9.95. The number of rotatable bonds is 4. The second-order valence-corrected chi connectivity index (χ2v) is 7.12. The summed E-state index contributed by atoms with van der Waals surface area (Å²) in [6, 6.07) is 3.76. The third-order valence-corrected chi connectivity index (χ3v) is 5.04. The first kappa shape index (κ1) is 17.7. The van der Waals surface area contributed by atoms with Crippen molar-refractivity contribution in [3.63, 3.8) is 0 Å². The highest BCUT2D eigenvalue weighted by atomic mass is 32.2. The second kappa shape index (κ2) is 7.11. The van der Waals surface area contributed by atoms with Crippen molar-refractivity contribution in [3.8, 4) is 22.8 Å². The number of thioether (sulfide) groups is 1. The zero-order valence-electron chi connectivity index (χ0n) is 15.3. The highest BCUT2D eigenvalue weighted by Crippen LogP contribution is 2.44. The van der Waals surface area contributed by atoms with Gasteiger partial charge >= 0.3 is 0 Å². The lowest BCUT2D eigenvalue weighted by molar-refractivity contribution is -0.114. The van der Waals surface area contributed by atoms with E-state index in [1.807, 2.05) is 24.6 Å². The average Bonchev–Trinajstić information content (AvgIpc) is 3.09. The van der Waals surface area contributed by atoms with Gasteiger partial charge in [0.15, 0.2) is 11.5 Å². The number of pyridine rings is 2. The highest BCUT2D eigenvalue weighted by Gasteiger charge is 2.26. The molecule has 2 N–H and O–H groups in total. The number of aromatic amines is 1. The number of nitrogens with one attached hydrogen (secondary N) is 2. The predicted molar refractivity (Wildman–Crippen MR) is 106 cm³/mol. The Morgan fingerprint density at radius 3 is 3.04 bits per heavy atom. The van der Waals surface area contributed by atoms with Crippen LogP contribution in [0.15, 0.2) is 29.6 Å². The lowest BCUT2D eigenvalue weighted by Crippen LogP contribution is -2.28. The maximum atomic E-state index is 11.4. The summed E-state index contributed by atoms with van der Waals surface area (Å²) in [6.07, 6.45) is 6.48. The standard InChI is InChI=1S/C19H20N4O3S/c1-4-11-9-25-19-15(26-11)6-17(27-3)23-18(19)13-7-20-14-8-21-16(5-12(13)14)22-10(2)24/h5-8,11,20H,4,9H2,1-3H3,(H,21,22,24). The zero-order valence-corrected chi connectivity index (χ0v) is 16.1. The van der Waals surface area contributed by atoms with Gasteiger partial charge in [-0.15, -0.1) is 11.8 Å². The Labute approximate surface area is 160 Å². The number of hydrogen-bond donors (Lipinski definition) is 2. The van der Waals surface area contributed by atoms with Gasteiger partial charge in [-0.05, 0) is 18.7 Å². The van der Waals surface area contributed by atoms with E-state index >= 15 is 0 Å². The number of nitrogens with zero attached hydrogens (tertiary/aromatic N) is 2. The Balaban J connectivity index is 1.87. The number of anilines is 1. The summed E-state index contributed by atoms with van der Waals surface area (Å²) in [7, 11) is 0. The molecule has 0 saturated carbocycles. The van der Waals surface area contributed by atoms with Crippen LogP contribution in [0.5, 0.6) is 11.5 Å². The zero-order chi connectivity index (χ0) is 19.0. The number of aromatic nitrogens is 3. The van der Waals surface area contributed by atoms with Gasteiger partial charge in [-0.25, -0.2) is 9.97 Å². The van der Waals surface area contributed by atoms with Crippen molar-refractivity contribution in [3.05, 3.63) is 24.5 Å². The Morgan fingerprint density at radius 2 is 2.30 bits per heavy atom. The Bertz CT molecular complexity index is 1020. The Kier molecular flexibility index (Phi) is 4.65. The molecule has 0 spiro atoms. The molecule has 27 heavy (non-hydrogen) atoms. The van der Waals surface area contributed by atoms with E-state index in [0.29, 0.717) is 23.9 Å². The number of fused-ring (bicyclic) bond motifs is 2. The van der Waals surface area contributed by atoms with Crippen molar-refractivity contribution < 1.29 is 14.3 Å². The van der Waals surface area contributed by atoms with E-state index in [4.69, 9.17) is 14.5 Å². The average molecular weight is 384 g/mol. The molecule has 0 aliphatic carbocycles. The van der Waals surface area contributed by atoms with Crippen molar-refractivity contribution in [1.29, 1.82) is 0 Å². The minimum absolute atomic E-state index is 0.0426. The molecule has 0 fully saturated rings. The van der Waals surface area contributed by atoms with Gasteiger partial charge in [0.1, 0.15) is 29.2 Å². The first-order chi connectivity index (χ1) is 13.1. The summed E-state index contributed by atoms with van der Waals surface area (Å²) in [5.41, 5.74) is 2.45. The topological polar surface area (TPSA) is 89.1 Å². The van der Waals surface area contributed by atoms with Crippen LogP contribution in [0.3, 0.4) is 0 Å². The van der Waals surface area contributed by atoms with E-state index in [1.54, 1.807) is 18.0 Å². The molecular weight excluding hydrogens is 364 g/mol. The summed E-state index contributed by atoms with van der Waals surface area (Å²) in [5.74, 6) is 1.69. The number of carbonyl (C=O) groups is 1. The van der Waals surface area contributed by atoms with Crippen LogP contribution in [0.2, 0.25) is 0 Å². The summed E-state index contributed by atoms with van der Waals surface area (Å²) >= 11 is 1.55. The third kappa shape index (κ3) is 3.32. The highest BCUT2D eigenvalue weighted by molar-refractivity contribution is 7.98. The minimum Gasteiger partial charge on any atom is -0.484 e. The summed E-state index contributed by atoms with van der Waals surface area (Å²) in [6.45, 7) is 4.03. The monoisotopic (exact) mass is 384 g/mol. The number of H-pyrrole nitrogens is 1. The van der Waals surface area contributed by atoms with Crippen LogP contribution in [0.1, 0.15) is 20.3 Å². The van der Waals surface area contributed by atoms with Crippen LogP contribution < -0.4 is 14.8 Å². The van der Waals surface area contributed by atoms with E-state index in [0.717, 1.165) is 33.6 Å². The molecule has 8 heteroatoms. The van der Waals surface area contributed by atoms with Gasteiger partial charge in [0.25, 0.3) is 0 Å². The van der Waals surface area contributed by atoms with Crippen LogP contribution in [-0.4, -0.2) is 39.8 Å². The molecule has 4 heterocycles. The number of hydrogen-bond acceptors (Lipinski definition) is 6. The van der Waals surface area contributed by atoms with Gasteiger partial charge in [0.2, 0.25) is 5.91 Å². The number of carbonyl (C=O) groups excluding carboxylic acids is 1. The lowest BCUT2D eigenvalue weighted by Gasteiger charge is -2.27. The summed E-state index contributed by atoms with van der Waals surface area (Å²) in [4.78, 5) is 23.6. The lowest BCUT2D eigenvalue weighted by atomic mass is 10.1. The van der Waals surface area contributed by atoms with E-state index in [-0.39, 0.29) is 12.0 Å². The van der Waals surface area contributed by atoms with Crippen LogP contribution in [0, 0.1) is 0 Å². The molecule has 1 amide bonds. The van der Waals surface area contributed by atoms with Crippen LogP contribution in [-0.2, 0) is 4.79 Å². The number of ether oxygens (including phenoxy) is 2. The van der Waals surface area contributed by atoms with E-state index in [9.17, 15) is 4.79 Å². The van der Waals surface area contributed by atoms with Crippen molar-refractivity contribution in [2.24, 2.45) is 0 Å². The van der Waals surface area contributed by atoms with E-state index in [1.165, 1.54) is 6.92 Å². The van der Waals surface area contributed by atoms with Gasteiger partial charge in [-0.3, -0.25) is 4.79 Å². The molecule has 1 atom stereocenters. The van der Waals surface area contributed by atoms with Gasteiger partial charge in [0.05, 0.1) is 11.7 Å². The van der Waals surface area contributed by atoms with Crippen molar-refractivity contribution in [1.82, 2.24) is 15.0 Å². The van der Waals surface area contributed by atoms with Gasteiger partial charge < -0.3 is 19.8 Å². The van der Waals surface area contributed by atoms with Crippen molar-refractivity contribution in [2.45, 2.75) is 31.4 Å². The Hall–Kier alpha value is -2.74. The molecule has 0 bridgehead atoms. The van der Waals surface area contributed by atoms with E-state index in [2.05, 4.69) is 22.2 Å². The van der Waals surface area contributed by atoms with Crippen molar-refractivity contribution in [2.75, 3.05) is 18.2 Å². The molecule has 1 aliphatic heterocycles.